The van der Waals surface area contributed by atoms with Gasteiger partial charge in [0.05, 0.1) is 0 Å². The maximum Gasteiger partial charge on any atom is 0.164 e. The first kappa shape index (κ1) is 29.5. The predicted molar refractivity (Wildman–Crippen MR) is 219 cm³/mol. The zero-order chi connectivity index (χ0) is 34.9. The number of fused-ring (bicyclic) bond motifs is 11. The highest BCUT2D eigenvalue weighted by Gasteiger charge is 2.21. The number of rotatable bonds is 4. The van der Waals surface area contributed by atoms with Gasteiger partial charge in [-0.3, -0.25) is 0 Å². The van der Waals surface area contributed by atoms with Gasteiger partial charge in [-0.05, 0) is 67.0 Å². The highest BCUT2D eigenvalue weighted by Crippen LogP contribution is 2.44. The van der Waals surface area contributed by atoms with Crippen LogP contribution < -0.4 is 0 Å². The van der Waals surface area contributed by atoms with E-state index < -0.39 is 0 Å². The first-order valence-corrected chi connectivity index (χ1v) is 17.9. The molecule has 2 heterocycles. The van der Waals surface area contributed by atoms with E-state index in [1.807, 2.05) is 60.7 Å². The molecule has 4 nitrogen and oxygen atoms in total. The van der Waals surface area contributed by atoms with E-state index in [4.69, 9.17) is 19.4 Å². The summed E-state index contributed by atoms with van der Waals surface area (Å²) in [5, 5.41) is 11.7. The van der Waals surface area contributed by atoms with Crippen molar-refractivity contribution in [3.63, 3.8) is 0 Å². The van der Waals surface area contributed by atoms with Crippen molar-refractivity contribution in [2.45, 2.75) is 0 Å². The average Bonchev–Trinajstić information content (AvgIpc) is 3.63. The summed E-state index contributed by atoms with van der Waals surface area (Å²) in [4.78, 5) is 15.2. The van der Waals surface area contributed by atoms with Gasteiger partial charge in [0.1, 0.15) is 11.2 Å². The Morgan fingerprint density at radius 3 is 1.43 bits per heavy atom. The van der Waals surface area contributed by atoms with Gasteiger partial charge in [-0.15, -0.1) is 0 Å². The number of hydrogen-bond donors (Lipinski definition) is 0. The molecular weight excluding hydrogens is 647 g/mol. The SMILES string of the molecule is c1ccc(-c2nc(-c3ccccc3)nc(-c3cc4c(oc5cccc(-c6ccc7c8ccccc8c8ccccc8c7c6)c54)c4ccccc34)n2)cc1. The molecule has 0 aliphatic rings. The second-order valence-electron chi connectivity index (χ2n) is 13.5. The van der Waals surface area contributed by atoms with Crippen molar-refractivity contribution in [1.29, 1.82) is 0 Å². The quantitative estimate of drug-likeness (QED) is 0.174. The van der Waals surface area contributed by atoms with Crippen LogP contribution in [-0.4, -0.2) is 15.0 Å². The fraction of sp³-hybridized carbons (Fsp3) is 0. The minimum Gasteiger partial charge on any atom is -0.455 e. The molecule has 246 valence electrons. The van der Waals surface area contributed by atoms with Crippen LogP contribution >= 0.6 is 0 Å². The molecule has 11 rings (SSSR count). The summed E-state index contributed by atoms with van der Waals surface area (Å²) in [7, 11) is 0. The molecule has 0 unspecified atom stereocenters. The molecule has 53 heavy (non-hydrogen) atoms. The van der Waals surface area contributed by atoms with Crippen molar-refractivity contribution in [1.82, 2.24) is 15.0 Å². The topological polar surface area (TPSA) is 51.8 Å². The van der Waals surface area contributed by atoms with Crippen LogP contribution in [-0.2, 0) is 0 Å². The Labute approximate surface area is 304 Å². The molecule has 11 aromatic rings. The molecule has 2 aromatic heterocycles. The third-order valence-electron chi connectivity index (χ3n) is 10.5. The molecule has 0 saturated carbocycles. The van der Waals surface area contributed by atoms with Gasteiger partial charge in [0, 0.05) is 32.8 Å². The van der Waals surface area contributed by atoms with Crippen molar-refractivity contribution in [2.75, 3.05) is 0 Å². The Kier molecular flexibility index (Phi) is 6.52. The van der Waals surface area contributed by atoms with Crippen LogP contribution in [0.25, 0.3) is 110 Å². The van der Waals surface area contributed by atoms with Gasteiger partial charge >= 0.3 is 0 Å². The number of hydrogen-bond acceptors (Lipinski definition) is 4. The first-order valence-electron chi connectivity index (χ1n) is 17.9. The van der Waals surface area contributed by atoms with E-state index in [-0.39, 0.29) is 0 Å². The molecule has 0 aliphatic carbocycles. The fourth-order valence-electron chi connectivity index (χ4n) is 8.08. The van der Waals surface area contributed by atoms with Crippen molar-refractivity contribution < 1.29 is 4.42 Å². The van der Waals surface area contributed by atoms with Crippen LogP contribution in [0.15, 0.2) is 180 Å². The number of benzene rings is 9. The maximum absolute atomic E-state index is 6.77. The van der Waals surface area contributed by atoms with Crippen LogP contribution in [0.2, 0.25) is 0 Å². The summed E-state index contributed by atoms with van der Waals surface area (Å²) in [6.07, 6.45) is 0. The molecular formula is C49H29N3O. The molecule has 0 spiro atoms. The smallest absolute Gasteiger partial charge is 0.164 e. The Morgan fingerprint density at radius 2 is 0.811 bits per heavy atom. The van der Waals surface area contributed by atoms with Crippen molar-refractivity contribution in [2.24, 2.45) is 0 Å². The zero-order valence-electron chi connectivity index (χ0n) is 28.5. The van der Waals surface area contributed by atoms with Crippen LogP contribution in [0, 0.1) is 0 Å². The Bertz CT molecular complexity index is 3130. The van der Waals surface area contributed by atoms with Crippen LogP contribution in [0.4, 0.5) is 0 Å². The Morgan fingerprint density at radius 1 is 0.302 bits per heavy atom. The lowest BCUT2D eigenvalue weighted by molar-refractivity contribution is 0.673. The van der Waals surface area contributed by atoms with E-state index in [2.05, 4.69) is 115 Å². The van der Waals surface area contributed by atoms with E-state index in [1.165, 1.54) is 32.3 Å². The lowest BCUT2D eigenvalue weighted by Crippen LogP contribution is -2.00. The summed E-state index contributed by atoms with van der Waals surface area (Å²) in [5.74, 6) is 1.88. The van der Waals surface area contributed by atoms with Crippen LogP contribution in [0.1, 0.15) is 0 Å². The maximum atomic E-state index is 6.77. The minimum atomic E-state index is 0.617. The standard InChI is InChI=1S/C49H29N3O/c1-3-14-30(15-4-1)47-50-48(31-16-5-2-6-17-31)52-49(51-47)42-29-43-45-33(24-13-25-44(45)53-46(43)40-23-12-11-22-38(40)42)32-26-27-39-36-20-8-7-18-34(36)35-19-9-10-21-37(35)41(39)28-32/h1-29H. The molecule has 4 heteroatoms. The Balaban J connectivity index is 1.19. The van der Waals surface area contributed by atoms with Gasteiger partial charge in [-0.1, -0.05) is 158 Å². The Hall–Kier alpha value is -7.17. The van der Waals surface area contributed by atoms with Crippen molar-refractivity contribution in [3.8, 4) is 45.3 Å². The molecule has 0 amide bonds. The van der Waals surface area contributed by atoms with Gasteiger partial charge < -0.3 is 4.42 Å². The molecule has 0 fully saturated rings. The van der Waals surface area contributed by atoms with E-state index in [9.17, 15) is 0 Å². The third-order valence-corrected chi connectivity index (χ3v) is 10.5. The van der Waals surface area contributed by atoms with Crippen molar-refractivity contribution >= 4 is 65.0 Å². The van der Waals surface area contributed by atoms with Crippen LogP contribution in [0.3, 0.4) is 0 Å². The summed E-state index contributed by atoms with van der Waals surface area (Å²) in [6.45, 7) is 0. The normalized spacial score (nSPS) is 11.8. The second-order valence-corrected chi connectivity index (χ2v) is 13.5. The number of furan rings is 1. The lowest BCUT2D eigenvalue weighted by Gasteiger charge is -2.13. The lowest BCUT2D eigenvalue weighted by atomic mass is 9.91. The molecule has 0 saturated heterocycles. The van der Waals surface area contributed by atoms with Crippen molar-refractivity contribution in [3.05, 3.63) is 176 Å². The van der Waals surface area contributed by atoms with E-state index in [0.29, 0.717) is 17.5 Å². The first-order chi connectivity index (χ1) is 26.3. The molecule has 9 aromatic carbocycles. The summed E-state index contributed by atoms with van der Waals surface area (Å²) in [5.41, 5.74) is 6.75. The average molecular weight is 676 g/mol. The predicted octanol–water partition coefficient (Wildman–Crippen LogP) is 13.1. The minimum absolute atomic E-state index is 0.617. The molecule has 0 radical (unpaired) electrons. The summed E-state index contributed by atoms with van der Waals surface area (Å²) < 4.78 is 6.77. The molecule has 0 bridgehead atoms. The fourth-order valence-corrected chi connectivity index (χ4v) is 8.08. The van der Waals surface area contributed by atoms with Gasteiger partial charge in [-0.25, -0.2) is 15.0 Å². The van der Waals surface area contributed by atoms with Gasteiger partial charge in [0.2, 0.25) is 0 Å². The number of aromatic nitrogens is 3. The number of nitrogens with zero attached hydrogens (tertiary/aromatic N) is 3. The second kappa shape index (κ2) is 11.7. The van der Waals surface area contributed by atoms with E-state index in [1.54, 1.807) is 0 Å². The van der Waals surface area contributed by atoms with Crippen LogP contribution in [0.5, 0.6) is 0 Å². The largest absolute Gasteiger partial charge is 0.455 e. The monoisotopic (exact) mass is 675 g/mol. The zero-order valence-corrected chi connectivity index (χ0v) is 28.5. The van der Waals surface area contributed by atoms with Gasteiger partial charge in [0.15, 0.2) is 17.5 Å². The van der Waals surface area contributed by atoms with E-state index in [0.717, 1.165) is 60.5 Å². The summed E-state index contributed by atoms with van der Waals surface area (Å²) >= 11 is 0. The summed E-state index contributed by atoms with van der Waals surface area (Å²) in [6, 6.07) is 61.5. The molecule has 0 atom stereocenters. The van der Waals surface area contributed by atoms with Gasteiger partial charge in [-0.2, -0.15) is 0 Å². The van der Waals surface area contributed by atoms with E-state index >= 15 is 0 Å². The van der Waals surface area contributed by atoms with Gasteiger partial charge in [0.25, 0.3) is 0 Å². The highest BCUT2D eigenvalue weighted by molar-refractivity contribution is 6.27. The highest BCUT2D eigenvalue weighted by atomic mass is 16.3. The molecule has 0 N–H and O–H groups in total. The molecule has 0 aliphatic heterocycles. The third kappa shape index (κ3) is 4.66.